The molecule has 23 heavy (non-hydrogen) atoms. The lowest BCUT2D eigenvalue weighted by atomic mass is 9.98. The van der Waals surface area contributed by atoms with E-state index in [0.29, 0.717) is 17.6 Å². The van der Waals surface area contributed by atoms with Crippen LogP contribution < -0.4 is 11.0 Å². The number of amides is 1. The molecule has 122 valence electrons. The number of benzene rings is 1. The number of imidazole rings is 1. The number of nitrogens with zero attached hydrogens (tertiary/aromatic N) is 3. The zero-order valence-electron chi connectivity index (χ0n) is 13.5. The molecule has 2 bridgehead atoms. The number of para-hydroxylation sites is 2. The molecule has 0 saturated carbocycles. The Morgan fingerprint density at radius 2 is 1.70 bits per heavy atom. The van der Waals surface area contributed by atoms with E-state index < -0.39 is 0 Å². The first-order chi connectivity index (χ1) is 11.1. The molecule has 0 spiro atoms. The van der Waals surface area contributed by atoms with Gasteiger partial charge in [0.1, 0.15) is 0 Å². The van der Waals surface area contributed by atoms with Crippen LogP contribution in [0, 0.1) is 0 Å². The smallest absolute Gasteiger partial charge is 0.334 e. The Bertz CT molecular complexity index is 808. The van der Waals surface area contributed by atoms with Gasteiger partial charge in [0.25, 0.3) is 0 Å². The summed E-state index contributed by atoms with van der Waals surface area (Å²) in [7, 11) is 3.87. The molecule has 1 amide bonds. The second kappa shape index (κ2) is 5.23. The highest BCUT2D eigenvalue weighted by Crippen LogP contribution is 2.34. The first kappa shape index (κ1) is 14.5. The molecule has 2 aliphatic heterocycles. The molecule has 1 N–H and O–H groups in total. The van der Waals surface area contributed by atoms with Crippen molar-refractivity contribution in [2.45, 2.75) is 43.8 Å². The summed E-state index contributed by atoms with van der Waals surface area (Å²) in [4.78, 5) is 27.6. The first-order valence-corrected chi connectivity index (χ1v) is 8.25. The molecule has 0 aliphatic carbocycles. The van der Waals surface area contributed by atoms with Crippen LogP contribution in [0.4, 0.5) is 4.79 Å². The number of hydrogen-bond acceptors (Lipinski definition) is 3. The van der Waals surface area contributed by atoms with Gasteiger partial charge in [-0.1, -0.05) is 12.1 Å². The quantitative estimate of drug-likeness (QED) is 0.868. The van der Waals surface area contributed by atoms with Crippen molar-refractivity contribution in [3.63, 3.8) is 0 Å². The summed E-state index contributed by atoms with van der Waals surface area (Å²) in [6, 6.07) is 8.36. The minimum Gasteiger partial charge on any atom is -0.334 e. The van der Waals surface area contributed by atoms with Gasteiger partial charge in [-0.25, -0.2) is 14.2 Å². The fourth-order valence-electron chi connectivity index (χ4n) is 4.26. The molecule has 2 aliphatic rings. The van der Waals surface area contributed by atoms with Gasteiger partial charge < -0.3 is 10.2 Å². The summed E-state index contributed by atoms with van der Waals surface area (Å²) < 4.78 is 2.78. The van der Waals surface area contributed by atoms with Gasteiger partial charge >= 0.3 is 11.7 Å². The Hall–Kier alpha value is -2.08. The van der Waals surface area contributed by atoms with Gasteiger partial charge in [0, 0.05) is 25.2 Å². The summed E-state index contributed by atoms with van der Waals surface area (Å²) >= 11 is 0. The normalized spacial score (nSPS) is 27.5. The van der Waals surface area contributed by atoms with E-state index in [9.17, 15) is 9.59 Å². The SMILES string of the molecule is CN1[C@@H]2CC[C@H]1C[C@@H](NC(=O)n1c(=O)n(C)c3ccccc31)C2. The van der Waals surface area contributed by atoms with Crippen molar-refractivity contribution in [3.8, 4) is 0 Å². The Morgan fingerprint density at radius 1 is 1.09 bits per heavy atom. The molecule has 1 aromatic heterocycles. The van der Waals surface area contributed by atoms with Crippen molar-refractivity contribution >= 4 is 17.1 Å². The molecule has 2 aromatic rings. The van der Waals surface area contributed by atoms with E-state index >= 15 is 0 Å². The molecule has 6 heteroatoms. The van der Waals surface area contributed by atoms with Crippen LogP contribution in [0.25, 0.3) is 11.0 Å². The number of hydrogen-bond donors (Lipinski definition) is 1. The number of carbonyl (C=O) groups excluding carboxylic acids is 1. The Morgan fingerprint density at radius 3 is 2.35 bits per heavy atom. The second-order valence-corrected chi connectivity index (χ2v) is 6.83. The van der Waals surface area contributed by atoms with Gasteiger partial charge in [-0.3, -0.25) is 4.57 Å². The molecule has 2 saturated heterocycles. The van der Waals surface area contributed by atoms with Gasteiger partial charge in [-0.05, 0) is 44.9 Å². The fraction of sp³-hybridized carbons (Fsp3) is 0.529. The number of aryl methyl sites for hydroxylation is 1. The maximum atomic E-state index is 12.7. The zero-order chi connectivity index (χ0) is 16.1. The topological polar surface area (TPSA) is 59.3 Å². The van der Waals surface area contributed by atoms with Crippen LogP contribution in [0.15, 0.2) is 29.1 Å². The van der Waals surface area contributed by atoms with Gasteiger partial charge in [-0.2, -0.15) is 0 Å². The molecule has 4 rings (SSSR count). The average Bonchev–Trinajstić information content (AvgIpc) is 2.90. The lowest BCUT2D eigenvalue weighted by molar-refractivity contribution is 0.150. The molecule has 3 heterocycles. The molecule has 0 radical (unpaired) electrons. The predicted octanol–water partition coefficient (Wildman–Crippen LogP) is 1.52. The van der Waals surface area contributed by atoms with E-state index in [1.807, 2.05) is 24.3 Å². The van der Waals surface area contributed by atoms with Crippen LogP contribution in [0.1, 0.15) is 25.7 Å². The number of nitrogens with one attached hydrogen (secondary N) is 1. The Labute approximate surface area is 134 Å². The maximum absolute atomic E-state index is 12.7. The predicted molar refractivity (Wildman–Crippen MR) is 88.7 cm³/mol. The van der Waals surface area contributed by atoms with E-state index in [2.05, 4.69) is 17.3 Å². The summed E-state index contributed by atoms with van der Waals surface area (Å²) in [6.07, 6.45) is 4.36. The van der Waals surface area contributed by atoms with Gasteiger partial charge in [0.2, 0.25) is 0 Å². The van der Waals surface area contributed by atoms with Crippen molar-refractivity contribution < 1.29 is 4.79 Å². The van der Waals surface area contributed by atoms with E-state index in [4.69, 9.17) is 0 Å². The molecule has 6 nitrogen and oxygen atoms in total. The van der Waals surface area contributed by atoms with E-state index in [0.717, 1.165) is 18.4 Å². The third-order valence-electron chi connectivity index (χ3n) is 5.59. The van der Waals surface area contributed by atoms with Crippen molar-refractivity contribution in [2.75, 3.05) is 7.05 Å². The summed E-state index contributed by atoms with van der Waals surface area (Å²) in [5.74, 6) is 0. The molecule has 3 atom stereocenters. The van der Waals surface area contributed by atoms with Crippen LogP contribution in [0.5, 0.6) is 0 Å². The first-order valence-electron chi connectivity index (χ1n) is 8.25. The number of aromatic nitrogens is 2. The van der Waals surface area contributed by atoms with Gasteiger partial charge in [0.15, 0.2) is 0 Å². The Kier molecular flexibility index (Phi) is 3.30. The standard InChI is InChI=1S/C17H22N4O2/c1-19-12-7-8-13(19)10-11(9-12)18-16(22)21-15-6-4-3-5-14(15)20(2)17(21)23/h3-6,11-13H,7-10H2,1-2H3,(H,18,22)/t11-,12+,13-. The minimum absolute atomic E-state index is 0.155. The van der Waals surface area contributed by atoms with E-state index in [1.165, 1.54) is 22.0 Å². The van der Waals surface area contributed by atoms with Crippen LogP contribution in [-0.4, -0.2) is 45.2 Å². The lowest BCUT2D eigenvalue weighted by Gasteiger charge is -2.36. The molecule has 2 fully saturated rings. The van der Waals surface area contributed by atoms with Gasteiger partial charge in [0.05, 0.1) is 11.0 Å². The van der Waals surface area contributed by atoms with Crippen LogP contribution >= 0.6 is 0 Å². The van der Waals surface area contributed by atoms with Gasteiger partial charge in [-0.15, -0.1) is 0 Å². The number of rotatable bonds is 1. The van der Waals surface area contributed by atoms with Crippen LogP contribution in [0.2, 0.25) is 0 Å². The molecular weight excluding hydrogens is 292 g/mol. The average molecular weight is 314 g/mol. The number of carbonyl (C=O) groups is 1. The lowest BCUT2D eigenvalue weighted by Crippen LogP contribution is -2.50. The van der Waals surface area contributed by atoms with E-state index in [-0.39, 0.29) is 17.8 Å². The number of fused-ring (bicyclic) bond motifs is 3. The zero-order valence-corrected chi connectivity index (χ0v) is 13.5. The minimum atomic E-state index is -0.305. The molecular formula is C17H22N4O2. The molecule has 0 unspecified atom stereocenters. The summed E-state index contributed by atoms with van der Waals surface area (Å²) in [5, 5.41) is 3.09. The van der Waals surface area contributed by atoms with Crippen molar-refractivity contribution in [2.24, 2.45) is 7.05 Å². The molecule has 1 aromatic carbocycles. The second-order valence-electron chi connectivity index (χ2n) is 6.83. The summed E-state index contributed by atoms with van der Waals surface area (Å²) in [5.41, 5.74) is 1.14. The highest BCUT2D eigenvalue weighted by molar-refractivity contribution is 5.89. The van der Waals surface area contributed by atoms with Crippen LogP contribution in [-0.2, 0) is 7.05 Å². The number of piperidine rings is 1. The van der Waals surface area contributed by atoms with Crippen LogP contribution in [0.3, 0.4) is 0 Å². The highest BCUT2D eigenvalue weighted by Gasteiger charge is 2.39. The largest absolute Gasteiger partial charge is 0.337 e. The van der Waals surface area contributed by atoms with Crippen molar-refractivity contribution in [1.82, 2.24) is 19.4 Å². The Balaban J connectivity index is 1.61. The van der Waals surface area contributed by atoms with Crippen molar-refractivity contribution in [3.05, 3.63) is 34.7 Å². The summed E-state index contributed by atoms with van der Waals surface area (Å²) in [6.45, 7) is 0. The van der Waals surface area contributed by atoms with Crippen molar-refractivity contribution in [1.29, 1.82) is 0 Å². The third-order valence-corrected chi connectivity index (χ3v) is 5.59. The monoisotopic (exact) mass is 314 g/mol. The fourth-order valence-corrected chi connectivity index (χ4v) is 4.26. The van der Waals surface area contributed by atoms with E-state index in [1.54, 1.807) is 7.05 Å². The third kappa shape index (κ3) is 2.20. The maximum Gasteiger partial charge on any atom is 0.337 e. The highest BCUT2D eigenvalue weighted by atomic mass is 16.2.